The number of hydrogen-bond acceptors (Lipinski definition) is 4. The van der Waals surface area contributed by atoms with E-state index in [9.17, 15) is 4.79 Å². The molecule has 0 aromatic heterocycles. The topological polar surface area (TPSA) is 59.6 Å². The molecule has 0 bridgehead atoms. The van der Waals surface area contributed by atoms with Gasteiger partial charge < -0.3 is 20.1 Å². The SMILES string of the molecule is CNCc1cc(Br)c(OCC(=O)NC)c(OC)c1. The van der Waals surface area contributed by atoms with E-state index in [0.717, 1.165) is 16.6 Å². The second kappa shape index (κ2) is 7.23. The lowest BCUT2D eigenvalue weighted by Gasteiger charge is -2.13. The summed E-state index contributed by atoms with van der Waals surface area (Å²) < 4.78 is 11.5. The number of carbonyl (C=O) groups is 1. The first-order valence-electron chi connectivity index (χ1n) is 5.46. The van der Waals surface area contributed by atoms with Gasteiger partial charge in [-0.15, -0.1) is 0 Å². The summed E-state index contributed by atoms with van der Waals surface area (Å²) in [6.45, 7) is 0.682. The third kappa shape index (κ3) is 3.89. The molecule has 0 atom stereocenters. The summed E-state index contributed by atoms with van der Waals surface area (Å²) in [5.41, 5.74) is 1.06. The summed E-state index contributed by atoms with van der Waals surface area (Å²) in [5, 5.41) is 5.55. The zero-order valence-corrected chi connectivity index (χ0v) is 12.3. The molecule has 100 valence electrons. The number of amides is 1. The van der Waals surface area contributed by atoms with Crippen LogP contribution < -0.4 is 20.1 Å². The second-order valence-corrected chi connectivity index (χ2v) is 4.46. The lowest BCUT2D eigenvalue weighted by Crippen LogP contribution is -2.25. The summed E-state index contributed by atoms with van der Waals surface area (Å²) in [4.78, 5) is 11.2. The largest absolute Gasteiger partial charge is 0.493 e. The Morgan fingerprint density at radius 2 is 2.11 bits per heavy atom. The Bertz CT molecular complexity index is 424. The summed E-state index contributed by atoms with van der Waals surface area (Å²) >= 11 is 3.42. The van der Waals surface area contributed by atoms with Gasteiger partial charge in [0.25, 0.3) is 5.91 Å². The molecular weight excluding hydrogens is 300 g/mol. The molecule has 0 fully saturated rings. The van der Waals surface area contributed by atoms with Crippen LogP contribution in [0.4, 0.5) is 0 Å². The van der Waals surface area contributed by atoms with E-state index in [2.05, 4.69) is 26.6 Å². The van der Waals surface area contributed by atoms with E-state index >= 15 is 0 Å². The van der Waals surface area contributed by atoms with Crippen molar-refractivity contribution < 1.29 is 14.3 Å². The van der Waals surface area contributed by atoms with Crippen LogP contribution in [0.2, 0.25) is 0 Å². The smallest absolute Gasteiger partial charge is 0.257 e. The Morgan fingerprint density at radius 3 is 2.67 bits per heavy atom. The van der Waals surface area contributed by atoms with Gasteiger partial charge in [-0.3, -0.25) is 4.79 Å². The number of hydrogen-bond donors (Lipinski definition) is 2. The Balaban J connectivity index is 2.92. The van der Waals surface area contributed by atoms with Gasteiger partial charge in [-0.2, -0.15) is 0 Å². The molecular formula is C12H17BrN2O3. The van der Waals surface area contributed by atoms with Crippen LogP contribution in [0.3, 0.4) is 0 Å². The number of rotatable bonds is 6. The van der Waals surface area contributed by atoms with Crippen LogP contribution in [0.1, 0.15) is 5.56 Å². The zero-order valence-electron chi connectivity index (χ0n) is 10.7. The highest BCUT2D eigenvalue weighted by Crippen LogP contribution is 2.36. The predicted octanol–water partition coefficient (Wildman–Crippen LogP) is 1.30. The first-order chi connectivity index (χ1) is 8.62. The van der Waals surface area contributed by atoms with Crippen molar-refractivity contribution in [2.75, 3.05) is 27.8 Å². The molecule has 0 spiro atoms. The predicted molar refractivity (Wildman–Crippen MR) is 73.0 cm³/mol. The van der Waals surface area contributed by atoms with Crippen LogP contribution in [0.15, 0.2) is 16.6 Å². The van der Waals surface area contributed by atoms with Crippen LogP contribution in [0.25, 0.3) is 0 Å². The molecule has 1 aromatic rings. The van der Waals surface area contributed by atoms with E-state index in [-0.39, 0.29) is 12.5 Å². The molecule has 0 saturated heterocycles. The molecule has 0 heterocycles. The molecule has 0 aliphatic carbocycles. The molecule has 0 radical (unpaired) electrons. The summed E-state index contributed by atoms with van der Waals surface area (Å²) in [6, 6.07) is 3.80. The Hall–Kier alpha value is -1.27. The van der Waals surface area contributed by atoms with Crippen molar-refractivity contribution in [3.8, 4) is 11.5 Å². The maximum absolute atomic E-state index is 11.2. The van der Waals surface area contributed by atoms with E-state index in [1.54, 1.807) is 14.2 Å². The van der Waals surface area contributed by atoms with E-state index < -0.39 is 0 Å². The van der Waals surface area contributed by atoms with Gasteiger partial charge in [0, 0.05) is 13.6 Å². The van der Waals surface area contributed by atoms with Crippen molar-refractivity contribution in [1.82, 2.24) is 10.6 Å². The number of nitrogens with one attached hydrogen (secondary N) is 2. The summed E-state index contributed by atoms with van der Waals surface area (Å²) in [6.07, 6.45) is 0. The average Bonchev–Trinajstić information content (AvgIpc) is 2.36. The lowest BCUT2D eigenvalue weighted by molar-refractivity contribution is -0.122. The van der Waals surface area contributed by atoms with Gasteiger partial charge in [-0.1, -0.05) is 0 Å². The van der Waals surface area contributed by atoms with Gasteiger partial charge in [-0.25, -0.2) is 0 Å². The maximum atomic E-state index is 11.2. The number of benzene rings is 1. The van der Waals surface area contributed by atoms with E-state index in [1.165, 1.54) is 0 Å². The quantitative estimate of drug-likeness (QED) is 0.830. The molecule has 0 aliphatic heterocycles. The number of likely N-dealkylation sites (N-methyl/N-ethyl adjacent to an activating group) is 1. The monoisotopic (exact) mass is 316 g/mol. The molecule has 2 N–H and O–H groups in total. The molecule has 1 amide bonds. The van der Waals surface area contributed by atoms with Gasteiger partial charge in [0.2, 0.25) is 0 Å². The Morgan fingerprint density at radius 1 is 1.39 bits per heavy atom. The van der Waals surface area contributed by atoms with Crippen LogP contribution in [0, 0.1) is 0 Å². The van der Waals surface area contributed by atoms with E-state index in [1.807, 2.05) is 19.2 Å². The van der Waals surface area contributed by atoms with Crippen LogP contribution in [-0.4, -0.2) is 33.7 Å². The summed E-state index contributed by atoms with van der Waals surface area (Å²) in [5.74, 6) is 0.933. The maximum Gasteiger partial charge on any atom is 0.257 e. The number of methoxy groups -OCH3 is 1. The standard InChI is InChI=1S/C12H17BrN2O3/c1-14-6-8-4-9(13)12(10(5-8)17-3)18-7-11(16)15-2/h4-5,14H,6-7H2,1-3H3,(H,15,16). The highest BCUT2D eigenvalue weighted by atomic mass is 79.9. The molecule has 0 saturated carbocycles. The van der Waals surface area contributed by atoms with Gasteiger partial charge in [0.1, 0.15) is 0 Å². The molecule has 5 nitrogen and oxygen atoms in total. The van der Waals surface area contributed by atoms with Crippen LogP contribution in [0.5, 0.6) is 11.5 Å². The number of carbonyl (C=O) groups excluding carboxylic acids is 1. The number of ether oxygens (including phenoxy) is 2. The highest BCUT2D eigenvalue weighted by Gasteiger charge is 2.12. The first-order valence-corrected chi connectivity index (χ1v) is 6.26. The minimum absolute atomic E-state index is 0.0448. The number of halogens is 1. The highest BCUT2D eigenvalue weighted by molar-refractivity contribution is 9.10. The van der Waals surface area contributed by atoms with Gasteiger partial charge in [0.15, 0.2) is 18.1 Å². The summed E-state index contributed by atoms with van der Waals surface area (Å²) in [7, 11) is 5.00. The van der Waals surface area contributed by atoms with Crippen LogP contribution in [-0.2, 0) is 11.3 Å². The minimum atomic E-state index is -0.191. The molecule has 0 unspecified atom stereocenters. The van der Waals surface area contributed by atoms with Crippen molar-refractivity contribution in [2.45, 2.75) is 6.54 Å². The molecule has 18 heavy (non-hydrogen) atoms. The zero-order chi connectivity index (χ0) is 13.5. The Kier molecular flexibility index (Phi) is 5.94. The normalized spacial score (nSPS) is 10.0. The second-order valence-electron chi connectivity index (χ2n) is 3.60. The van der Waals surface area contributed by atoms with Crippen molar-refractivity contribution in [3.63, 3.8) is 0 Å². The van der Waals surface area contributed by atoms with E-state index in [0.29, 0.717) is 11.5 Å². The molecule has 0 aliphatic rings. The van der Waals surface area contributed by atoms with Gasteiger partial charge >= 0.3 is 0 Å². The van der Waals surface area contributed by atoms with Gasteiger partial charge in [0.05, 0.1) is 11.6 Å². The third-order valence-corrected chi connectivity index (χ3v) is 2.89. The average molecular weight is 317 g/mol. The van der Waals surface area contributed by atoms with Crippen molar-refractivity contribution >= 4 is 21.8 Å². The van der Waals surface area contributed by atoms with Crippen molar-refractivity contribution in [3.05, 3.63) is 22.2 Å². The minimum Gasteiger partial charge on any atom is -0.493 e. The van der Waals surface area contributed by atoms with Crippen LogP contribution >= 0.6 is 15.9 Å². The van der Waals surface area contributed by atoms with Crippen molar-refractivity contribution in [1.29, 1.82) is 0 Å². The Labute approximate surface area is 115 Å². The lowest BCUT2D eigenvalue weighted by atomic mass is 10.2. The third-order valence-electron chi connectivity index (χ3n) is 2.30. The molecule has 6 heteroatoms. The van der Waals surface area contributed by atoms with Gasteiger partial charge in [-0.05, 0) is 40.7 Å². The van der Waals surface area contributed by atoms with Crippen molar-refractivity contribution in [2.24, 2.45) is 0 Å². The molecule has 1 rings (SSSR count). The fourth-order valence-corrected chi connectivity index (χ4v) is 2.03. The fourth-order valence-electron chi connectivity index (χ4n) is 1.43. The molecule has 1 aromatic carbocycles. The first kappa shape index (κ1) is 14.8. The fraction of sp³-hybridized carbons (Fsp3) is 0.417. The van der Waals surface area contributed by atoms with E-state index in [4.69, 9.17) is 9.47 Å².